The predicted molar refractivity (Wildman–Crippen MR) is 248 cm³/mol. The summed E-state index contributed by atoms with van der Waals surface area (Å²) < 4.78 is 27.7. The Hall–Kier alpha value is -4.46. The van der Waals surface area contributed by atoms with E-state index in [4.69, 9.17) is 10.2 Å². The zero-order valence-electron chi connectivity index (χ0n) is 35.8. The number of halogens is 2. The van der Waals surface area contributed by atoms with Crippen molar-refractivity contribution >= 4 is 92.5 Å². The highest BCUT2D eigenvalue weighted by molar-refractivity contribution is 8.14. The normalized spacial score (nSPS) is 12.8. The number of rotatable bonds is 12. The average Bonchev–Trinajstić information content (AvgIpc) is 3.21. The van der Waals surface area contributed by atoms with Gasteiger partial charge >= 0.3 is 11.9 Å². The molecule has 0 bridgehead atoms. The second-order valence-electron chi connectivity index (χ2n) is 14.8. The molecule has 2 N–H and O–H groups in total. The number of thioether (sulfide) groups is 2. The Kier molecular flexibility index (Phi) is 19.3. The number of pyridine rings is 2. The fraction of sp³-hybridized carbons (Fsp3) is 0.364. The van der Waals surface area contributed by atoms with Crippen LogP contribution in [0.25, 0.3) is 0 Å². The van der Waals surface area contributed by atoms with Crippen molar-refractivity contribution in [1.82, 2.24) is 19.8 Å². The quantitative estimate of drug-likeness (QED) is 0.130. The van der Waals surface area contributed by atoms with Gasteiger partial charge in [0.05, 0.1) is 21.2 Å². The van der Waals surface area contributed by atoms with Crippen molar-refractivity contribution in [1.29, 1.82) is 0 Å². The van der Waals surface area contributed by atoms with Gasteiger partial charge in [0, 0.05) is 83.1 Å². The molecule has 0 unspecified atom stereocenters. The summed E-state index contributed by atoms with van der Waals surface area (Å²) in [6.07, 6.45) is 4.44. The molecule has 12 nitrogen and oxygen atoms in total. The Labute approximate surface area is 378 Å². The molecule has 0 radical (unpaired) electrons. The molecule has 0 aliphatic carbocycles. The van der Waals surface area contributed by atoms with Crippen molar-refractivity contribution in [2.75, 3.05) is 34.4 Å². The van der Waals surface area contributed by atoms with Crippen LogP contribution in [0, 0.1) is 11.6 Å². The Morgan fingerprint density at radius 2 is 0.968 bits per heavy atom. The highest BCUT2D eigenvalue weighted by atomic mass is 32.2. The van der Waals surface area contributed by atoms with Gasteiger partial charge in [0.25, 0.3) is 10.5 Å². The van der Waals surface area contributed by atoms with Crippen LogP contribution in [0.3, 0.4) is 0 Å². The molecule has 2 amide bonds. The number of hydrogen-bond acceptors (Lipinski definition) is 12. The maximum atomic E-state index is 13.9. The van der Waals surface area contributed by atoms with E-state index in [0.717, 1.165) is 32.7 Å². The largest absolute Gasteiger partial charge is 0.478 e. The number of carboxylic acid groups (broad SMARTS) is 2. The second kappa shape index (κ2) is 23.8. The van der Waals surface area contributed by atoms with E-state index < -0.39 is 11.9 Å². The molecule has 0 saturated heterocycles. The number of anilines is 4. The number of fused-ring (bicyclic) bond motifs is 4. The highest BCUT2D eigenvalue weighted by Gasteiger charge is 2.32. The van der Waals surface area contributed by atoms with Gasteiger partial charge in [-0.25, -0.2) is 28.3 Å². The smallest absolute Gasteiger partial charge is 0.328 e. The summed E-state index contributed by atoms with van der Waals surface area (Å²) >= 11 is 5.52. The monoisotopic (exact) mass is 926 g/mol. The third kappa shape index (κ3) is 14.0. The fourth-order valence-corrected chi connectivity index (χ4v) is 10.2. The van der Waals surface area contributed by atoms with Crippen LogP contribution in [0.2, 0.25) is 0 Å². The number of carbonyl (C=O) groups is 4. The van der Waals surface area contributed by atoms with Crippen molar-refractivity contribution in [3.05, 3.63) is 96.8 Å². The van der Waals surface area contributed by atoms with E-state index in [1.165, 1.54) is 71.3 Å². The Morgan fingerprint density at radius 3 is 1.29 bits per heavy atom. The van der Waals surface area contributed by atoms with E-state index in [9.17, 15) is 28.0 Å². The topological polar surface area (TPSA) is 147 Å². The minimum atomic E-state index is -1.26. The predicted octanol–water partition coefficient (Wildman–Crippen LogP) is 11.3. The molecule has 2 aliphatic rings. The van der Waals surface area contributed by atoms with Gasteiger partial charge in [-0.3, -0.25) is 29.2 Å². The number of carboxylic acids is 2. The van der Waals surface area contributed by atoms with Gasteiger partial charge in [-0.1, -0.05) is 47.0 Å². The van der Waals surface area contributed by atoms with Crippen molar-refractivity contribution < 1.29 is 38.2 Å². The summed E-state index contributed by atoms with van der Waals surface area (Å²) in [5.41, 5.74) is 1.13. The molecule has 2 aromatic carbocycles. The summed E-state index contributed by atoms with van der Waals surface area (Å²) in [5, 5.41) is 15.4. The number of benzene rings is 2. The lowest BCUT2D eigenvalue weighted by Crippen LogP contribution is -2.39. The standard InChI is InChI=1S/2C20H24FN3OS2.C4H4O4/c2*1-13(2)23(14(3)4)10-11-26-20(25)24-16-12-15(21)7-8-17(16)27-18-6-5-9-22-19(18)24;5-3(6)1-2-4(7)8/h2*5-9,12-14H,10-11H2,1-4H3;1-2H,(H,5,6)(H,7,8)/b;;2-1-. The van der Waals surface area contributed by atoms with Gasteiger partial charge in [-0.15, -0.1) is 0 Å². The first-order valence-corrected chi connectivity index (χ1v) is 23.4. The maximum absolute atomic E-state index is 13.9. The van der Waals surface area contributed by atoms with Crippen LogP contribution >= 0.6 is 47.0 Å². The SMILES string of the molecule is CC(C)N(CCSC(=O)N1c2cc(F)ccc2Sc2cccnc21)C(C)C.CC(C)N(CCSC(=O)N1c2cc(F)ccc2Sc2cccnc21)C(C)C.O=C(O)/C=C\C(=O)O. The van der Waals surface area contributed by atoms with Gasteiger partial charge < -0.3 is 10.2 Å². The third-order valence-electron chi connectivity index (χ3n) is 9.23. The van der Waals surface area contributed by atoms with E-state index in [1.54, 1.807) is 34.3 Å². The number of amides is 2. The van der Waals surface area contributed by atoms with Gasteiger partial charge in [0.1, 0.15) is 11.6 Å². The molecular formula is C44H52F2N6O6S4. The molecule has 2 aliphatic heterocycles. The van der Waals surface area contributed by atoms with Crippen LogP contribution in [0.1, 0.15) is 55.4 Å². The lowest BCUT2D eigenvalue weighted by molar-refractivity contribution is -0.134. The number of aliphatic carboxylic acids is 2. The van der Waals surface area contributed by atoms with Crippen LogP contribution in [0.4, 0.5) is 41.4 Å². The molecule has 332 valence electrons. The summed E-state index contributed by atoms with van der Waals surface area (Å²) in [6, 6.07) is 18.3. The third-order valence-corrected chi connectivity index (χ3v) is 13.1. The van der Waals surface area contributed by atoms with Crippen molar-refractivity contribution in [2.45, 2.75) is 99.1 Å². The molecule has 6 rings (SSSR count). The van der Waals surface area contributed by atoms with Gasteiger partial charge in [-0.05, 0) is 116 Å². The Morgan fingerprint density at radius 1 is 0.613 bits per heavy atom. The molecule has 0 atom stereocenters. The van der Waals surface area contributed by atoms with Crippen molar-refractivity contribution in [3.8, 4) is 0 Å². The van der Waals surface area contributed by atoms with E-state index in [0.29, 0.717) is 70.8 Å². The molecular weight excluding hydrogens is 875 g/mol. The van der Waals surface area contributed by atoms with E-state index >= 15 is 0 Å². The van der Waals surface area contributed by atoms with Crippen LogP contribution in [0.5, 0.6) is 0 Å². The highest BCUT2D eigenvalue weighted by Crippen LogP contribution is 2.49. The minimum Gasteiger partial charge on any atom is -0.478 e. The fourth-order valence-electron chi connectivity index (χ4n) is 6.57. The lowest BCUT2D eigenvalue weighted by Gasteiger charge is -2.31. The van der Waals surface area contributed by atoms with E-state index in [-0.39, 0.29) is 22.1 Å². The average molecular weight is 927 g/mol. The first kappa shape index (κ1) is 50.2. The molecule has 4 aromatic rings. The zero-order valence-corrected chi connectivity index (χ0v) is 39.1. The van der Waals surface area contributed by atoms with Crippen LogP contribution in [-0.4, -0.2) is 101 Å². The summed E-state index contributed by atoms with van der Waals surface area (Å²) in [7, 11) is 0. The van der Waals surface area contributed by atoms with Crippen molar-refractivity contribution in [3.63, 3.8) is 0 Å². The van der Waals surface area contributed by atoms with E-state index in [1.807, 2.05) is 24.3 Å². The second-order valence-corrected chi connectivity index (χ2v) is 19.1. The van der Waals surface area contributed by atoms with Crippen LogP contribution < -0.4 is 9.80 Å². The minimum absolute atomic E-state index is 0.130. The number of aromatic nitrogens is 2. The lowest BCUT2D eigenvalue weighted by atomic mass is 10.2. The molecule has 4 heterocycles. The summed E-state index contributed by atoms with van der Waals surface area (Å²) in [6.45, 7) is 18.9. The van der Waals surface area contributed by atoms with E-state index in [2.05, 4.69) is 75.2 Å². The summed E-state index contributed by atoms with van der Waals surface area (Å²) in [5.74, 6) is -0.744. The van der Waals surface area contributed by atoms with Gasteiger partial charge in [0.2, 0.25) is 0 Å². The summed E-state index contributed by atoms with van der Waals surface area (Å²) in [4.78, 5) is 65.3. The number of carbonyl (C=O) groups excluding carboxylic acids is 2. The Bertz CT molecular complexity index is 2060. The molecule has 0 saturated carbocycles. The maximum Gasteiger partial charge on any atom is 0.328 e. The Balaban J connectivity index is 0.000000232. The molecule has 0 spiro atoms. The molecule has 62 heavy (non-hydrogen) atoms. The molecule has 2 aromatic heterocycles. The molecule has 0 fully saturated rings. The first-order valence-electron chi connectivity index (χ1n) is 19.8. The van der Waals surface area contributed by atoms with Gasteiger partial charge in [0.15, 0.2) is 11.6 Å². The van der Waals surface area contributed by atoms with Crippen LogP contribution in [0.15, 0.2) is 105 Å². The molecule has 18 heteroatoms. The number of nitrogens with zero attached hydrogens (tertiary/aromatic N) is 6. The first-order chi connectivity index (χ1) is 29.4. The van der Waals surface area contributed by atoms with Gasteiger partial charge in [-0.2, -0.15) is 0 Å². The number of hydrogen-bond donors (Lipinski definition) is 2. The zero-order chi connectivity index (χ0) is 45.7. The van der Waals surface area contributed by atoms with Crippen molar-refractivity contribution in [2.24, 2.45) is 0 Å². The van der Waals surface area contributed by atoms with Crippen LogP contribution in [-0.2, 0) is 9.59 Å².